The average molecular weight is 330 g/mol. The number of hydrogen-bond acceptors (Lipinski definition) is 4. The van der Waals surface area contributed by atoms with Gasteiger partial charge in [-0.25, -0.2) is 0 Å². The van der Waals surface area contributed by atoms with E-state index in [4.69, 9.17) is 5.73 Å². The van der Waals surface area contributed by atoms with Crippen molar-refractivity contribution >= 4 is 33.2 Å². The maximum absolute atomic E-state index is 12.0. The first kappa shape index (κ1) is 15.6. The van der Waals surface area contributed by atoms with Crippen LogP contribution in [0.3, 0.4) is 0 Å². The van der Waals surface area contributed by atoms with Gasteiger partial charge < -0.3 is 11.1 Å². The quantitative estimate of drug-likeness (QED) is 0.640. The summed E-state index contributed by atoms with van der Waals surface area (Å²) in [7, 11) is 0. The highest BCUT2D eigenvalue weighted by Gasteiger charge is 2.30. The molecule has 0 heterocycles. The third-order valence-electron chi connectivity index (χ3n) is 3.12. The third-order valence-corrected chi connectivity index (χ3v) is 3.75. The normalized spacial score (nSPS) is 11.2. The maximum Gasteiger partial charge on any atom is 0.283 e. The molecule has 1 aromatic carbocycles. The van der Waals surface area contributed by atoms with Crippen LogP contribution in [-0.2, 0) is 4.79 Å². The second-order valence-electron chi connectivity index (χ2n) is 4.24. The summed E-state index contributed by atoms with van der Waals surface area (Å²) >= 11 is 3.10. The molecule has 0 saturated carbocycles. The predicted molar refractivity (Wildman–Crippen MR) is 76.9 cm³/mol. The Labute approximate surface area is 119 Å². The number of nitro benzene ring substituents is 1. The Morgan fingerprint density at radius 3 is 2.47 bits per heavy atom. The Hall–Kier alpha value is -1.47. The lowest BCUT2D eigenvalue weighted by atomic mass is 9.93. The Morgan fingerprint density at radius 2 is 2.05 bits per heavy atom. The number of halogens is 1. The number of carbonyl (C=O) groups excluding carboxylic acids is 1. The summed E-state index contributed by atoms with van der Waals surface area (Å²) in [5, 5.41) is 13.4. The van der Waals surface area contributed by atoms with Crippen LogP contribution < -0.4 is 11.1 Å². The van der Waals surface area contributed by atoms with Crippen molar-refractivity contribution in [2.24, 2.45) is 5.73 Å². The molecule has 7 heteroatoms. The summed E-state index contributed by atoms with van der Waals surface area (Å²) in [6, 6.07) is 4.30. The second-order valence-corrected chi connectivity index (χ2v) is 5.10. The van der Waals surface area contributed by atoms with Gasteiger partial charge in [0, 0.05) is 11.8 Å². The second kappa shape index (κ2) is 6.12. The zero-order chi connectivity index (χ0) is 14.6. The molecule has 1 rings (SSSR count). The van der Waals surface area contributed by atoms with Crippen molar-refractivity contribution in [1.82, 2.24) is 0 Å². The smallest absolute Gasteiger partial charge is 0.283 e. The van der Waals surface area contributed by atoms with E-state index < -0.39 is 10.5 Å². The van der Waals surface area contributed by atoms with Gasteiger partial charge in [0.1, 0.15) is 0 Å². The number of nitrogens with zero attached hydrogens (tertiary/aromatic N) is 1. The fourth-order valence-corrected chi connectivity index (χ4v) is 2.08. The number of anilines is 1. The van der Waals surface area contributed by atoms with Crippen LogP contribution in [-0.4, -0.2) is 16.4 Å². The van der Waals surface area contributed by atoms with Crippen molar-refractivity contribution in [3.05, 3.63) is 32.8 Å². The molecule has 0 bridgehead atoms. The van der Waals surface area contributed by atoms with Gasteiger partial charge in [0.15, 0.2) is 0 Å². The van der Waals surface area contributed by atoms with Crippen molar-refractivity contribution in [3.63, 3.8) is 0 Å². The van der Waals surface area contributed by atoms with Crippen molar-refractivity contribution in [2.45, 2.75) is 32.2 Å². The fraction of sp³-hybridized carbons (Fsp3) is 0.417. The van der Waals surface area contributed by atoms with Gasteiger partial charge in [0.2, 0.25) is 5.91 Å². The number of rotatable bonds is 5. The van der Waals surface area contributed by atoms with Crippen LogP contribution in [0.1, 0.15) is 26.7 Å². The highest BCUT2D eigenvalue weighted by Crippen LogP contribution is 2.28. The van der Waals surface area contributed by atoms with E-state index in [1.165, 1.54) is 18.2 Å². The number of nitrogens with two attached hydrogens (primary N) is 1. The van der Waals surface area contributed by atoms with Crippen LogP contribution in [0.5, 0.6) is 0 Å². The van der Waals surface area contributed by atoms with Crippen molar-refractivity contribution in [2.75, 3.05) is 5.32 Å². The summed E-state index contributed by atoms with van der Waals surface area (Å²) in [6.07, 6.45) is 1.03. The minimum absolute atomic E-state index is 0.0528. The molecular formula is C12H16BrN3O3. The standard InChI is InChI=1S/C12H16BrN3O3/c1-3-12(14,4-2)11(17)15-8-5-6-10(16(18)19)9(13)7-8/h5-7H,3-4,14H2,1-2H3,(H,15,17). The molecule has 0 unspecified atom stereocenters. The van der Waals surface area contributed by atoms with E-state index in [-0.39, 0.29) is 11.6 Å². The van der Waals surface area contributed by atoms with Gasteiger partial charge in [-0.15, -0.1) is 0 Å². The van der Waals surface area contributed by atoms with Crippen LogP contribution in [0.25, 0.3) is 0 Å². The molecule has 0 aliphatic heterocycles. The number of nitro groups is 1. The van der Waals surface area contributed by atoms with Gasteiger partial charge in [-0.05, 0) is 40.9 Å². The molecule has 1 aromatic rings. The Balaban J connectivity index is 2.92. The molecule has 0 spiro atoms. The molecule has 3 N–H and O–H groups in total. The van der Waals surface area contributed by atoms with E-state index in [0.717, 1.165) is 0 Å². The zero-order valence-electron chi connectivity index (χ0n) is 10.8. The zero-order valence-corrected chi connectivity index (χ0v) is 12.4. The highest BCUT2D eigenvalue weighted by atomic mass is 79.9. The van der Waals surface area contributed by atoms with Gasteiger partial charge >= 0.3 is 0 Å². The monoisotopic (exact) mass is 329 g/mol. The van der Waals surface area contributed by atoms with Crippen LogP contribution in [0.15, 0.2) is 22.7 Å². The lowest BCUT2D eigenvalue weighted by Crippen LogP contribution is -2.50. The third kappa shape index (κ3) is 3.51. The van der Waals surface area contributed by atoms with E-state index in [1.54, 1.807) is 0 Å². The maximum atomic E-state index is 12.0. The first-order chi connectivity index (χ1) is 8.84. The lowest BCUT2D eigenvalue weighted by molar-refractivity contribution is -0.385. The molecule has 0 fully saturated rings. The summed E-state index contributed by atoms with van der Waals surface area (Å²) < 4.78 is 0.311. The molecule has 0 aliphatic rings. The molecule has 0 radical (unpaired) electrons. The van der Waals surface area contributed by atoms with E-state index in [2.05, 4.69) is 21.2 Å². The topological polar surface area (TPSA) is 98.3 Å². The molecule has 0 atom stereocenters. The molecule has 19 heavy (non-hydrogen) atoms. The van der Waals surface area contributed by atoms with Gasteiger partial charge in [0.25, 0.3) is 5.69 Å². The summed E-state index contributed by atoms with van der Waals surface area (Å²) in [5.74, 6) is -0.293. The Kier molecular flexibility index (Phi) is 5.02. The first-order valence-corrected chi connectivity index (χ1v) is 6.67. The SMILES string of the molecule is CCC(N)(CC)C(=O)Nc1ccc([N+](=O)[O-])c(Br)c1. The van der Waals surface area contributed by atoms with E-state index in [1.807, 2.05) is 13.8 Å². The highest BCUT2D eigenvalue weighted by molar-refractivity contribution is 9.10. The number of benzene rings is 1. The number of nitrogens with one attached hydrogen (secondary N) is 1. The van der Waals surface area contributed by atoms with Crippen LogP contribution in [0, 0.1) is 10.1 Å². The molecule has 6 nitrogen and oxygen atoms in total. The number of amides is 1. The minimum atomic E-state index is -0.922. The van der Waals surface area contributed by atoms with Crippen molar-refractivity contribution < 1.29 is 9.72 Å². The van der Waals surface area contributed by atoms with Gasteiger partial charge in [-0.2, -0.15) is 0 Å². The van der Waals surface area contributed by atoms with Gasteiger partial charge in [-0.3, -0.25) is 14.9 Å². The minimum Gasteiger partial charge on any atom is -0.324 e. The van der Waals surface area contributed by atoms with Crippen LogP contribution >= 0.6 is 15.9 Å². The van der Waals surface area contributed by atoms with E-state index >= 15 is 0 Å². The molecule has 0 aromatic heterocycles. The number of carbonyl (C=O) groups is 1. The predicted octanol–water partition coefficient (Wildman–Crippen LogP) is 2.81. The first-order valence-electron chi connectivity index (χ1n) is 5.88. The summed E-state index contributed by atoms with van der Waals surface area (Å²) in [5.41, 5.74) is 5.47. The molecule has 0 saturated heterocycles. The average Bonchev–Trinajstić information content (AvgIpc) is 2.37. The summed E-state index contributed by atoms with van der Waals surface area (Å²) in [4.78, 5) is 22.2. The van der Waals surface area contributed by atoms with Gasteiger partial charge in [0.05, 0.1) is 14.9 Å². The Morgan fingerprint density at radius 1 is 1.47 bits per heavy atom. The number of hydrogen-bond donors (Lipinski definition) is 2. The fourth-order valence-electron chi connectivity index (χ4n) is 1.56. The van der Waals surface area contributed by atoms with Crippen LogP contribution in [0.4, 0.5) is 11.4 Å². The van der Waals surface area contributed by atoms with E-state index in [9.17, 15) is 14.9 Å². The summed E-state index contributed by atoms with van der Waals surface area (Å²) in [6.45, 7) is 3.68. The molecular weight excluding hydrogens is 314 g/mol. The largest absolute Gasteiger partial charge is 0.324 e. The molecule has 0 aliphatic carbocycles. The molecule has 1 amide bonds. The van der Waals surface area contributed by atoms with Gasteiger partial charge in [-0.1, -0.05) is 13.8 Å². The van der Waals surface area contributed by atoms with Crippen molar-refractivity contribution in [1.29, 1.82) is 0 Å². The van der Waals surface area contributed by atoms with Crippen LogP contribution in [0.2, 0.25) is 0 Å². The Bertz CT molecular complexity index is 501. The van der Waals surface area contributed by atoms with Crippen molar-refractivity contribution in [3.8, 4) is 0 Å². The molecule has 104 valence electrons. The lowest BCUT2D eigenvalue weighted by Gasteiger charge is -2.25. The van der Waals surface area contributed by atoms with E-state index in [0.29, 0.717) is 23.0 Å².